The number of hydrogen-bond acceptors (Lipinski definition) is 6. The summed E-state index contributed by atoms with van der Waals surface area (Å²) in [6.45, 7) is 5.42. The number of imidazole rings is 1. The molecule has 1 aromatic heterocycles. The van der Waals surface area contributed by atoms with Crippen molar-refractivity contribution in [1.29, 1.82) is 5.26 Å². The first-order valence-electron chi connectivity index (χ1n) is 14.9. The fraction of sp³-hybridized carbons (Fsp3) is 0.286. The Bertz CT molecular complexity index is 1680. The Morgan fingerprint density at radius 3 is 2.48 bits per heavy atom. The smallest absolute Gasteiger partial charge is 0.337 e. The molecule has 0 radical (unpaired) electrons. The number of aromatic nitrogens is 2. The number of carbonyl (C=O) groups excluding carboxylic acids is 2. The van der Waals surface area contributed by atoms with Gasteiger partial charge in [-0.15, -0.1) is 0 Å². The third-order valence-corrected chi connectivity index (χ3v) is 8.14. The monoisotopic (exact) mass is 640 g/mol. The van der Waals surface area contributed by atoms with Crippen LogP contribution in [0.1, 0.15) is 53.0 Å². The van der Waals surface area contributed by atoms with Crippen LogP contribution in [0.5, 0.6) is 0 Å². The molecule has 0 aliphatic rings. The first kappa shape index (κ1) is 33.8. The molecule has 2 N–H and O–H groups in total. The van der Waals surface area contributed by atoms with E-state index in [1.165, 1.54) is 19.2 Å². The second-order valence-corrected chi connectivity index (χ2v) is 11.5. The number of nitrogens with zero attached hydrogens (tertiary/aromatic N) is 4. The molecule has 4 rings (SSSR count). The average molecular weight is 641 g/mol. The van der Waals surface area contributed by atoms with Crippen LogP contribution in [0.2, 0.25) is 0 Å². The molecular formula is C35H37FN6O3S. The standard InChI is InChI=1S/C35H37FN6O3S/c1-4-24(2)32(40-33(43)17-31-19-38-23-42(31)21-26-10-8-25(18-37)9-11-26)22-41(35(46)39-30-7-5-6-29(36)16-30)20-27-12-14-28(15-13-27)34(44)45-3/h5-16,19,23-24,32H,4,17,20-22H2,1-3H3,(H,39,46)(H,40,43)/t24-,32+/m0/s1. The number of hydrogen-bond donors (Lipinski definition) is 2. The van der Waals surface area contributed by atoms with Crippen LogP contribution >= 0.6 is 12.2 Å². The zero-order chi connectivity index (χ0) is 33.1. The van der Waals surface area contributed by atoms with E-state index in [0.29, 0.717) is 41.6 Å². The lowest BCUT2D eigenvalue weighted by Crippen LogP contribution is -2.50. The molecule has 9 nitrogen and oxygen atoms in total. The Morgan fingerprint density at radius 1 is 1.11 bits per heavy atom. The number of ether oxygens (including phenoxy) is 1. The van der Waals surface area contributed by atoms with Gasteiger partial charge in [0.1, 0.15) is 5.82 Å². The van der Waals surface area contributed by atoms with Crippen molar-refractivity contribution >= 4 is 34.9 Å². The van der Waals surface area contributed by atoms with Crippen molar-refractivity contribution in [1.82, 2.24) is 19.8 Å². The first-order valence-corrected chi connectivity index (χ1v) is 15.4. The molecule has 0 spiro atoms. The number of nitrogens with one attached hydrogen (secondary N) is 2. The fourth-order valence-corrected chi connectivity index (χ4v) is 5.16. The average Bonchev–Trinajstić information content (AvgIpc) is 3.49. The Kier molecular flexibility index (Phi) is 12.0. The highest BCUT2D eigenvalue weighted by molar-refractivity contribution is 7.80. The van der Waals surface area contributed by atoms with E-state index in [4.69, 9.17) is 22.2 Å². The molecule has 0 aliphatic heterocycles. The molecule has 0 saturated heterocycles. The summed E-state index contributed by atoms with van der Waals surface area (Å²) in [5.74, 6) is -0.864. The van der Waals surface area contributed by atoms with Gasteiger partial charge in [0, 0.05) is 43.3 Å². The molecule has 0 bridgehead atoms. The summed E-state index contributed by atoms with van der Waals surface area (Å²) >= 11 is 5.81. The van der Waals surface area contributed by atoms with E-state index < -0.39 is 5.97 Å². The Balaban J connectivity index is 1.50. The van der Waals surface area contributed by atoms with Crippen LogP contribution in [-0.2, 0) is 29.0 Å². The van der Waals surface area contributed by atoms with Crippen LogP contribution in [0.15, 0.2) is 85.3 Å². The predicted molar refractivity (Wildman–Crippen MR) is 178 cm³/mol. The second kappa shape index (κ2) is 16.3. The van der Waals surface area contributed by atoms with E-state index in [-0.39, 0.29) is 30.1 Å². The number of esters is 1. The predicted octanol–water partition coefficient (Wildman–Crippen LogP) is 5.70. The molecule has 0 saturated carbocycles. The summed E-state index contributed by atoms with van der Waals surface area (Å²) in [6, 6.07) is 22.3. The van der Waals surface area contributed by atoms with Gasteiger partial charge in [-0.2, -0.15) is 5.26 Å². The topological polar surface area (TPSA) is 112 Å². The van der Waals surface area contributed by atoms with Gasteiger partial charge in [0.15, 0.2) is 5.11 Å². The van der Waals surface area contributed by atoms with Gasteiger partial charge < -0.3 is 24.8 Å². The molecule has 0 unspecified atom stereocenters. The van der Waals surface area contributed by atoms with Gasteiger partial charge >= 0.3 is 5.97 Å². The van der Waals surface area contributed by atoms with E-state index in [1.807, 2.05) is 33.7 Å². The lowest BCUT2D eigenvalue weighted by Gasteiger charge is -2.33. The Hall–Kier alpha value is -5.08. The van der Waals surface area contributed by atoms with E-state index >= 15 is 0 Å². The van der Waals surface area contributed by atoms with Gasteiger partial charge in [-0.25, -0.2) is 14.2 Å². The van der Waals surface area contributed by atoms with Crippen LogP contribution in [0.25, 0.3) is 0 Å². The summed E-state index contributed by atoms with van der Waals surface area (Å²) in [5.41, 5.74) is 4.17. The number of carbonyl (C=O) groups is 2. The maximum absolute atomic E-state index is 13.9. The molecule has 2 atom stereocenters. The minimum absolute atomic E-state index is 0.105. The van der Waals surface area contributed by atoms with Crippen LogP contribution < -0.4 is 10.6 Å². The number of benzene rings is 3. The van der Waals surface area contributed by atoms with Gasteiger partial charge in [-0.1, -0.05) is 50.6 Å². The molecule has 11 heteroatoms. The van der Waals surface area contributed by atoms with Crippen molar-refractivity contribution < 1.29 is 18.7 Å². The van der Waals surface area contributed by atoms with Crippen molar-refractivity contribution in [2.24, 2.45) is 5.92 Å². The number of halogens is 1. The van der Waals surface area contributed by atoms with Gasteiger partial charge in [0.25, 0.3) is 0 Å². The molecule has 1 amide bonds. The van der Waals surface area contributed by atoms with Crippen molar-refractivity contribution in [3.8, 4) is 6.07 Å². The molecule has 0 fully saturated rings. The minimum atomic E-state index is -0.426. The maximum atomic E-state index is 13.9. The van der Waals surface area contributed by atoms with E-state index in [2.05, 4.69) is 35.5 Å². The normalized spacial score (nSPS) is 12.0. The molecule has 3 aromatic carbocycles. The van der Waals surface area contributed by atoms with Crippen LogP contribution in [0.4, 0.5) is 10.1 Å². The summed E-state index contributed by atoms with van der Waals surface area (Å²) in [6.07, 6.45) is 4.32. The van der Waals surface area contributed by atoms with Crippen molar-refractivity contribution in [3.05, 3.63) is 119 Å². The highest BCUT2D eigenvalue weighted by Gasteiger charge is 2.24. The third-order valence-electron chi connectivity index (χ3n) is 7.78. The quantitative estimate of drug-likeness (QED) is 0.141. The number of amides is 1. The zero-order valence-electron chi connectivity index (χ0n) is 26.1. The molecule has 1 heterocycles. The Labute approximate surface area is 274 Å². The van der Waals surface area contributed by atoms with Gasteiger partial charge in [-0.05, 0) is 71.7 Å². The van der Waals surface area contributed by atoms with Gasteiger partial charge in [-0.3, -0.25) is 4.79 Å². The highest BCUT2D eigenvalue weighted by Crippen LogP contribution is 2.17. The van der Waals surface area contributed by atoms with E-state index in [9.17, 15) is 14.0 Å². The number of methoxy groups -OCH3 is 1. The lowest BCUT2D eigenvalue weighted by atomic mass is 9.98. The van der Waals surface area contributed by atoms with Crippen molar-refractivity contribution in [3.63, 3.8) is 0 Å². The number of rotatable bonds is 13. The molecule has 0 aliphatic carbocycles. The molecule has 238 valence electrons. The van der Waals surface area contributed by atoms with Crippen LogP contribution in [0, 0.1) is 23.1 Å². The number of nitriles is 1. The van der Waals surface area contributed by atoms with Crippen molar-refractivity contribution in [2.45, 2.75) is 45.8 Å². The highest BCUT2D eigenvalue weighted by atomic mass is 32.1. The van der Waals surface area contributed by atoms with Gasteiger partial charge in [0.2, 0.25) is 5.91 Å². The van der Waals surface area contributed by atoms with E-state index in [0.717, 1.165) is 23.2 Å². The zero-order valence-corrected chi connectivity index (χ0v) is 26.9. The maximum Gasteiger partial charge on any atom is 0.337 e. The third kappa shape index (κ3) is 9.46. The summed E-state index contributed by atoms with van der Waals surface area (Å²) < 4.78 is 20.7. The SMILES string of the molecule is CC[C@H](C)[C@@H](CN(Cc1ccc(C(=O)OC)cc1)C(=S)Nc1cccc(F)c1)NC(=O)Cc1cncn1Cc1ccc(C#N)cc1. The lowest BCUT2D eigenvalue weighted by molar-refractivity contribution is -0.121. The van der Waals surface area contributed by atoms with Crippen LogP contribution in [0.3, 0.4) is 0 Å². The second-order valence-electron chi connectivity index (χ2n) is 11.1. The molecular weight excluding hydrogens is 603 g/mol. The summed E-state index contributed by atoms with van der Waals surface area (Å²) in [5, 5.41) is 15.8. The largest absolute Gasteiger partial charge is 0.465 e. The minimum Gasteiger partial charge on any atom is -0.465 e. The summed E-state index contributed by atoms with van der Waals surface area (Å²) in [4.78, 5) is 31.6. The Morgan fingerprint density at radius 2 is 1.83 bits per heavy atom. The number of thiocarbonyl (C=S) groups is 1. The van der Waals surface area contributed by atoms with Gasteiger partial charge in [0.05, 0.1) is 37.1 Å². The number of anilines is 1. The summed E-state index contributed by atoms with van der Waals surface area (Å²) in [7, 11) is 1.33. The molecule has 46 heavy (non-hydrogen) atoms. The first-order chi connectivity index (χ1) is 22.2. The van der Waals surface area contributed by atoms with E-state index in [1.54, 1.807) is 48.9 Å². The van der Waals surface area contributed by atoms with Crippen molar-refractivity contribution in [2.75, 3.05) is 19.0 Å². The van der Waals surface area contributed by atoms with Crippen LogP contribution in [-0.4, -0.2) is 51.1 Å². The molecule has 4 aromatic rings. The fourth-order valence-electron chi connectivity index (χ4n) is 4.90.